The fourth-order valence-electron chi connectivity index (χ4n) is 4.66. The molecule has 0 bridgehead atoms. The highest BCUT2D eigenvalue weighted by atomic mass is 79.9. The molecule has 0 atom stereocenters. The molecule has 0 spiro atoms. The number of aliphatic hydroxyl groups is 1. The van der Waals surface area contributed by atoms with Gasteiger partial charge in [-0.25, -0.2) is 4.68 Å². The van der Waals surface area contributed by atoms with Crippen molar-refractivity contribution < 1.29 is 19.1 Å². The predicted molar refractivity (Wildman–Crippen MR) is 143 cm³/mol. The van der Waals surface area contributed by atoms with Crippen LogP contribution in [0.15, 0.2) is 69.7 Å². The number of rotatable bonds is 7. The van der Waals surface area contributed by atoms with Crippen LogP contribution in [0.3, 0.4) is 0 Å². The largest absolute Gasteiger partial charge is 0.497 e. The van der Waals surface area contributed by atoms with E-state index in [-0.39, 0.29) is 5.91 Å². The van der Waals surface area contributed by atoms with Gasteiger partial charge in [0.15, 0.2) is 0 Å². The topological polar surface area (TPSA) is 93.6 Å². The summed E-state index contributed by atoms with van der Waals surface area (Å²) in [5, 5.41) is 19.8. The van der Waals surface area contributed by atoms with Gasteiger partial charge in [-0.3, -0.25) is 4.79 Å². The standard InChI is InChI=1S/C28H29BrN4O4/c1-19-17-21(29)5-10-24(19)33-18-26(30-31-33)28(35)13-15-32(16-14-28)27(34)12-9-23-8-11-25(37-23)20-3-6-22(36-2)7-4-20/h3-8,10-11,17-18,35H,9,12-16H2,1-2H3. The summed E-state index contributed by atoms with van der Waals surface area (Å²) in [7, 11) is 1.64. The lowest BCUT2D eigenvalue weighted by Gasteiger charge is -2.37. The highest BCUT2D eigenvalue weighted by Crippen LogP contribution is 2.32. The van der Waals surface area contributed by atoms with E-state index in [4.69, 9.17) is 9.15 Å². The third-order valence-corrected chi connectivity index (χ3v) is 7.43. The van der Waals surface area contributed by atoms with E-state index in [0.717, 1.165) is 38.6 Å². The fourth-order valence-corrected chi connectivity index (χ4v) is 5.14. The van der Waals surface area contributed by atoms with Gasteiger partial charge in [-0.2, -0.15) is 0 Å². The molecule has 1 N–H and O–H groups in total. The molecule has 192 valence electrons. The molecular weight excluding hydrogens is 536 g/mol. The SMILES string of the molecule is COc1ccc(-c2ccc(CCC(=O)N3CCC(O)(c4cn(-c5ccc(Br)cc5C)nn4)CC3)o2)cc1. The Bertz CT molecular complexity index is 1390. The van der Waals surface area contributed by atoms with E-state index in [9.17, 15) is 9.90 Å². The van der Waals surface area contributed by atoms with Crippen molar-refractivity contribution in [3.05, 3.63) is 82.3 Å². The van der Waals surface area contributed by atoms with Crippen molar-refractivity contribution in [3.63, 3.8) is 0 Å². The molecule has 37 heavy (non-hydrogen) atoms. The number of carbonyl (C=O) groups is 1. The summed E-state index contributed by atoms with van der Waals surface area (Å²) in [5.41, 5.74) is 2.34. The fraction of sp³-hybridized carbons (Fsp3) is 0.321. The number of furan rings is 1. The van der Waals surface area contributed by atoms with Crippen LogP contribution in [0.4, 0.5) is 0 Å². The van der Waals surface area contributed by atoms with Crippen LogP contribution in [0, 0.1) is 6.92 Å². The van der Waals surface area contributed by atoms with Gasteiger partial charge in [-0.1, -0.05) is 21.1 Å². The van der Waals surface area contributed by atoms with Crippen molar-refractivity contribution in [1.82, 2.24) is 19.9 Å². The Balaban J connectivity index is 1.15. The molecule has 9 heteroatoms. The van der Waals surface area contributed by atoms with E-state index in [2.05, 4.69) is 26.2 Å². The number of likely N-dealkylation sites (tertiary alicyclic amines) is 1. The maximum Gasteiger partial charge on any atom is 0.223 e. The first-order valence-corrected chi connectivity index (χ1v) is 13.1. The van der Waals surface area contributed by atoms with E-state index in [1.165, 1.54) is 0 Å². The average molecular weight is 565 g/mol. The molecule has 0 saturated carbocycles. The first-order chi connectivity index (χ1) is 17.8. The van der Waals surface area contributed by atoms with Gasteiger partial charge in [0.2, 0.25) is 5.91 Å². The molecular formula is C28H29BrN4O4. The van der Waals surface area contributed by atoms with Crippen LogP contribution in [0.2, 0.25) is 0 Å². The number of piperidine rings is 1. The Labute approximate surface area is 224 Å². The third kappa shape index (κ3) is 5.47. The van der Waals surface area contributed by atoms with Gasteiger partial charge in [0, 0.05) is 36.0 Å². The number of amides is 1. The Hall–Kier alpha value is -3.43. The molecule has 1 aliphatic rings. The quantitative estimate of drug-likeness (QED) is 0.337. The van der Waals surface area contributed by atoms with Gasteiger partial charge < -0.3 is 19.2 Å². The smallest absolute Gasteiger partial charge is 0.223 e. The van der Waals surface area contributed by atoms with Crippen LogP contribution in [0.5, 0.6) is 5.75 Å². The second kappa shape index (κ2) is 10.5. The van der Waals surface area contributed by atoms with E-state index in [0.29, 0.717) is 44.5 Å². The highest BCUT2D eigenvalue weighted by molar-refractivity contribution is 9.10. The summed E-state index contributed by atoms with van der Waals surface area (Å²) in [5.74, 6) is 2.38. The number of methoxy groups -OCH3 is 1. The summed E-state index contributed by atoms with van der Waals surface area (Å²) < 4.78 is 13.8. The molecule has 3 heterocycles. The van der Waals surface area contributed by atoms with E-state index < -0.39 is 5.60 Å². The minimum atomic E-state index is -1.10. The van der Waals surface area contributed by atoms with Crippen LogP contribution in [0.25, 0.3) is 17.0 Å². The average Bonchev–Trinajstić information content (AvgIpc) is 3.59. The van der Waals surface area contributed by atoms with Crippen LogP contribution in [-0.4, -0.2) is 51.1 Å². The number of carbonyl (C=O) groups excluding carboxylic acids is 1. The Morgan fingerprint density at radius 2 is 1.89 bits per heavy atom. The molecule has 2 aromatic carbocycles. The normalized spacial score (nSPS) is 15.1. The van der Waals surface area contributed by atoms with Gasteiger partial charge in [0.1, 0.15) is 28.6 Å². The Kier molecular flexibility index (Phi) is 7.17. The summed E-state index contributed by atoms with van der Waals surface area (Å²) in [6, 6.07) is 17.4. The van der Waals surface area contributed by atoms with Crippen molar-refractivity contribution in [3.8, 4) is 22.8 Å². The number of aryl methyl sites for hydroxylation is 2. The Morgan fingerprint density at radius 1 is 1.14 bits per heavy atom. The van der Waals surface area contributed by atoms with Crippen LogP contribution in [0.1, 0.15) is 36.3 Å². The third-order valence-electron chi connectivity index (χ3n) is 6.94. The van der Waals surface area contributed by atoms with E-state index in [1.54, 1.807) is 18.0 Å². The summed E-state index contributed by atoms with van der Waals surface area (Å²) in [6.45, 7) is 2.94. The molecule has 4 aromatic rings. The maximum absolute atomic E-state index is 12.9. The second-order valence-corrected chi connectivity index (χ2v) is 10.3. The van der Waals surface area contributed by atoms with Crippen molar-refractivity contribution in [2.24, 2.45) is 0 Å². The minimum absolute atomic E-state index is 0.0542. The number of ether oxygens (including phenoxy) is 1. The number of hydrogen-bond donors (Lipinski definition) is 1. The molecule has 2 aromatic heterocycles. The first-order valence-electron chi connectivity index (χ1n) is 12.3. The molecule has 1 amide bonds. The summed E-state index contributed by atoms with van der Waals surface area (Å²) in [6.07, 6.45) is 3.49. The lowest BCUT2D eigenvalue weighted by atomic mass is 9.88. The monoisotopic (exact) mass is 564 g/mol. The number of hydrogen-bond acceptors (Lipinski definition) is 6. The van der Waals surface area contributed by atoms with Gasteiger partial charge in [0.05, 0.1) is 19.0 Å². The number of halogens is 1. The van der Waals surface area contributed by atoms with Gasteiger partial charge in [-0.05, 0) is 79.9 Å². The maximum atomic E-state index is 12.9. The highest BCUT2D eigenvalue weighted by Gasteiger charge is 2.38. The van der Waals surface area contributed by atoms with E-state index in [1.807, 2.05) is 66.4 Å². The molecule has 5 rings (SSSR count). The minimum Gasteiger partial charge on any atom is -0.497 e. The molecule has 0 radical (unpaired) electrons. The van der Waals surface area contributed by atoms with Crippen LogP contribution < -0.4 is 4.74 Å². The van der Waals surface area contributed by atoms with Gasteiger partial charge in [0.25, 0.3) is 0 Å². The lowest BCUT2D eigenvalue weighted by molar-refractivity contribution is -0.135. The zero-order valence-corrected chi connectivity index (χ0v) is 22.4. The second-order valence-electron chi connectivity index (χ2n) is 9.39. The molecule has 0 unspecified atom stereocenters. The molecule has 1 aliphatic heterocycles. The van der Waals surface area contributed by atoms with Crippen molar-refractivity contribution in [2.75, 3.05) is 20.2 Å². The van der Waals surface area contributed by atoms with Crippen LogP contribution in [-0.2, 0) is 16.8 Å². The molecule has 8 nitrogen and oxygen atoms in total. The number of aromatic nitrogens is 3. The van der Waals surface area contributed by atoms with Crippen LogP contribution >= 0.6 is 15.9 Å². The van der Waals surface area contributed by atoms with Gasteiger partial charge in [-0.15, -0.1) is 5.10 Å². The van der Waals surface area contributed by atoms with E-state index >= 15 is 0 Å². The zero-order chi connectivity index (χ0) is 26.0. The zero-order valence-electron chi connectivity index (χ0n) is 20.9. The van der Waals surface area contributed by atoms with Crippen molar-refractivity contribution >= 4 is 21.8 Å². The first kappa shape index (κ1) is 25.2. The molecule has 0 aliphatic carbocycles. The van der Waals surface area contributed by atoms with Gasteiger partial charge >= 0.3 is 0 Å². The number of benzene rings is 2. The van der Waals surface area contributed by atoms with Crippen molar-refractivity contribution in [1.29, 1.82) is 0 Å². The van der Waals surface area contributed by atoms with Crippen molar-refractivity contribution in [2.45, 2.75) is 38.2 Å². The Morgan fingerprint density at radius 3 is 2.59 bits per heavy atom. The summed E-state index contributed by atoms with van der Waals surface area (Å²) in [4.78, 5) is 14.7. The molecule has 1 saturated heterocycles. The lowest BCUT2D eigenvalue weighted by Crippen LogP contribution is -2.45. The number of nitrogens with zero attached hydrogens (tertiary/aromatic N) is 4. The summed E-state index contributed by atoms with van der Waals surface area (Å²) >= 11 is 3.48. The predicted octanol–water partition coefficient (Wildman–Crippen LogP) is 5.05. The molecule has 1 fully saturated rings.